The molecule has 0 heterocycles. The van der Waals surface area contributed by atoms with Gasteiger partial charge in [-0.1, -0.05) is 39.0 Å². The molecule has 0 aliphatic rings. The van der Waals surface area contributed by atoms with E-state index in [1.165, 1.54) is 0 Å². The summed E-state index contributed by atoms with van der Waals surface area (Å²) in [5.41, 5.74) is 7.36. The number of para-hydroxylation sites is 1. The lowest BCUT2D eigenvalue weighted by Crippen LogP contribution is -2.26. The van der Waals surface area contributed by atoms with Crippen LogP contribution in [0.15, 0.2) is 24.3 Å². The Bertz CT molecular complexity index is 320. The molecule has 0 saturated heterocycles. The van der Waals surface area contributed by atoms with Crippen LogP contribution in [0.25, 0.3) is 0 Å². The Kier molecular flexibility index (Phi) is 5.84. The quantitative estimate of drug-likeness (QED) is 0.881. The lowest BCUT2D eigenvalue weighted by Gasteiger charge is -2.28. The molecule has 92 valence electrons. The SMILES string of the molecule is CCOc1ccccc1[C@@H](N)C(C)(C)C.Cl. The van der Waals surface area contributed by atoms with Crippen LogP contribution in [0.5, 0.6) is 5.75 Å². The van der Waals surface area contributed by atoms with Crippen LogP contribution in [0.4, 0.5) is 0 Å². The summed E-state index contributed by atoms with van der Waals surface area (Å²) in [5, 5.41) is 0. The summed E-state index contributed by atoms with van der Waals surface area (Å²) >= 11 is 0. The molecular formula is C13H22ClNO. The fraction of sp³-hybridized carbons (Fsp3) is 0.538. The molecule has 0 spiro atoms. The van der Waals surface area contributed by atoms with Crippen molar-refractivity contribution in [2.45, 2.75) is 33.7 Å². The Balaban J connectivity index is 0.00000225. The van der Waals surface area contributed by atoms with Crippen LogP contribution in [0, 0.1) is 5.41 Å². The van der Waals surface area contributed by atoms with Crippen LogP contribution in [0.2, 0.25) is 0 Å². The molecule has 0 bridgehead atoms. The van der Waals surface area contributed by atoms with E-state index in [1.807, 2.05) is 31.2 Å². The van der Waals surface area contributed by atoms with Gasteiger partial charge < -0.3 is 10.5 Å². The van der Waals surface area contributed by atoms with E-state index in [0.717, 1.165) is 11.3 Å². The van der Waals surface area contributed by atoms with Crippen LogP contribution in [-0.2, 0) is 0 Å². The van der Waals surface area contributed by atoms with Crippen molar-refractivity contribution in [2.75, 3.05) is 6.61 Å². The van der Waals surface area contributed by atoms with Gasteiger partial charge in [0.25, 0.3) is 0 Å². The van der Waals surface area contributed by atoms with Crippen molar-refractivity contribution in [1.29, 1.82) is 0 Å². The van der Waals surface area contributed by atoms with Gasteiger partial charge in [0.2, 0.25) is 0 Å². The summed E-state index contributed by atoms with van der Waals surface area (Å²) in [6, 6.07) is 8.00. The summed E-state index contributed by atoms with van der Waals surface area (Å²) in [6.07, 6.45) is 0. The van der Waals surface area contributed by atoms with E-state index >= 15 is 0 Å². The molecule has 0 amide bonds. The molecule has 0 radical (unpaired) electrons. The maximum Gasteiger partial charge on any atom is 0.124 e. The van der Waals surface area contributed by atoms with E-state index < -0.39 is 0 Å². The van der Waals surface area contributed by atoms with Gasteiger partial charge >= 0.3 is 0 Å². The van der Waals surface area contributed by atoms with Crippen molar-refractivity contribution in [3.8, 4) is 5.75 Å². The molecular weight excluding hydrogens is 222 g/mol. The molecule has 0 saturated carbocycles. The molecule has 1 aromatic rings. The first-order valence-electron chi connectivity index (χ1n) is 5.44. The highest BCUT2D eigenvalue weighted by molar-refractivity contribution is 5.85. The average molecular weight is 244 g/mol. The van der Waals surface area contributed by atoms with E-state index in [2.05, 4.69) is 20.8 Å². The van der Waals surface area contributed by atoms with E-state index in [-0.39, 0.29) is 23.9 Å². The van der Waals surface area contributed by atoms with Gasteiger partial charge in [-0.15, -0.1) is 12.4 Å². The average Bonchev–Trinajstić information content (AvgIpc) is 2.17. The summed E-state index contributed by atoms with van der Waals surface area (Å²) in [4.78, 5) is 0. The van der Waals surface area contributed by atoms with E-state index in [0.29, 0.717) is 6.61 Å². The Morgan fingerprint density at radius 2 is 1.81 bits per heavy atom. The van der Waals surface area contributed by atoms with Crippen LogP contribution in [0.3, 0.4) is 0 Å². The molecule has 1 rings (SSSR count). The zero-order valence-electron chi connectivity index (χ0n) is 10.5. The number of halogens is 1. The summed E-state index contributed by atoms with van der Waals surface area (Å²) in [6.45, 7) is 9.08. The highest BCUT2D eigenvalue weighted by Gasteiger charge is 2.24. The molecule has 3 heteroatoms. The smallest absolute Gasteiger partial charge is 0.124 e. The molecule has 0 fully saturated rings. The fourth-order valence-corrected chi connectivity index (χ4v) is 1.49. The third-order valence-electron chi connectivity index (χ3n) is 2.49. The Morgan fingerprint density at radius 1 is 1.25 bits per heavy atom. The topological polar surface area (TPSA) is 35.2 Å². The van der Waals surface area contributed by atoms with Gasteiger partial charge in [0.15, 0.2) is 0 Å². The van der Waals surface area contributed by atoms with Crippen LogP contribution >= 0.6 is 12.4 Å². The normalized spacial score (nSPS) is 12.8. The van der Waals surface area contributed by atoms with Crippen molar-refractivity contribution < 1.29 is 4.74 Å². The molecule has 0 aliphatic carbocycles. The largest absolute Gasteiger partial charge is 0.494 e. The third kappa shape index (κ3) is 3.69. The zero-order chi connectivity index (χ0) is 11.5. The maximum atomic E-state index is 6.22. The molecule has 1 aromatic carbocycles. The van der Waals surface area contributed by atoms with Crippen molar-refractivity contribution in [2.24, 2.45) is 11.1 Å². The first-order valence-corrected chi connectivity index (χ1v) is 5.44. The van der Waals surface area contributed by atoms with Gasteiger partial charge in [0.05, 0.1) is 6.61 Å². The number of hydrogen-bond donors (Lipinski definition) is 1. The Hall–Kier alpha value is -0.730. The zero-order valence-corrected chi connectivity index (χ0v) is 11.3. The minimum atomic E-state index is 0. The number of ether oxygens (including phenoxy) is 1. The van der Waals surface area contributed by atoms with Crippen LogP contribution in [0.1, 0.15) is 39.3 Å². The lowest BCUT2D eigenvalue weighted by atomic mass is 9.83. The second-order valence-electron chi connectivity index (χ2n) is 4.81. The highest BCUT2D eigenvalue weighted by Crippen LogP contribution is 2.35. The van der Waals surface area contributed by atoms with Crippen molar-refractivity contribution in [3.05, 3.63) is 29.8 Å². The van der Waals surface area contributed by atoms with Gasteiger partial charge in [0, 0.05) is 11.6 Å². The van der Waals surface area contributed by atoms with Crippen molar-refractivity contribution in [1.82, 2.24) is 0 Å². The van der Waals surface area contributed by atoms with E-state index in [4.69, 9.17) is 10.5 Å². The summed E-state index contributed by atoms with van der Waals surface area (Å²) < 4.78 is 5.57. The first kappa shape index (κ1) is 15.3. The van der Waals surface area contributed by atoms with E-state index in [9.17, 15) is 0 Å². The number of nitrogens with two attached hydrogens (primary N) is 1. The van der Waals surface area contributed by atoms with Gasteiger partial charge in [-0.25, -0.2) is 0 Å². The van der Waals surface area contributed by atoms with E-state index in [1.54, 1.807) is 0 Å². The number of benzene rings is 1. The highest BCUT2D eigenvalue weighted by atomic mass is 35.5. The molecule has 0 aromatic heterocycles. The minimum absolute atomic E-state index is 0. The van der Waals surface area contributed by atoms with Gasteiger partial charge in [-0.3, -0.25) is 0 Å². The molecule has 2 N–H and O–H groups in total. The molecule has 2 nitrogen and oxygen atoms in total. The fourth-order valence-electron chi connectivity index (χ4n) is 1.49. The van der Waals surface area contributed by atoms with Gasteiger partial charge in [-0.05, 0) is 18.4 Å². The lowest BCUT2D eigenvalue weighted by molar-refractivity contribution is 0.298. The second kappa shape index (κ2) is 6.12. The predicted octanol–water partition coefficient (Wildman–Crippen LogP) is 3.55. The Labute approximate surface area is 105 Å². The molecule has 1 atom stereocenters. The molecule has 0 unspecified atom stereocenters. The monoisotopic (exact) mass is 243 g/mol. The van der Waals surface area contributed by atoms with Crippen LogP contribution in [-0.4, -0.2) is 6.61 Å². The molecule has 0 aliphatic heterocycles. The van der Waals surface area contributed by atoms with Gasteiger partial charge in [-0.2, -0.15) is 0 Å². The molecule has 16 heavy (non-hydrogen) atoms. The van der Waals surface area contributed by atoms with Crippen molar-refractivity contribution in [3.63, 3.8) is 0 Å². The summed E-state index contributed by atoms with van der Waals surface area (Å²) in [5.74, 6) is 0.905. The first-order chi connectivity index (χ1) is 6.96. The second-order valence-corrected chi connectivity index (χ2v) is 4.81. The number of hydrogen-bond acceptors (Lipinski definition) is 2. The standard InChI is InChI=1S/C13H21NO.ClH/c1-5-15-11-9-7-6-8-10(11)12(14)13(2,3)4;/h6-9,12H,5,14H2,1-4H3;1H/t12-;/m1./s1. The summed E-state index contributed by atoms with van der Waals surface area (Å²) in [7, 11) is 0. The third-order valence-corrected chi connectivity index (χ3v) is 2.49. The Morgan fingerprint density at radius 3 is 2.31 bits per heavy atom. The van der Waals surface area contributed by atoms with Crippen LogP contribution < -0.4 is 10.5 Å². The van der Waals surface area contributed by atoms with Crippen molar-refractivity contribution >= 4 is 12.4 Å². The minimum Gasteiger partial charge on any atom is -0.494 e. The van der Waals surface area contributed by atoms with Gasteiger partial charge in [0.1, 0.15) is 5.75 Å². The maximum absolute atomic E-state index is 6.22. The predicted molar refractivity (Wildman–Crippen MR) is 71.2 cm³/mol. The number of rotatable bonds is 3.